The highest BCUT2D eigenvalue weighted by Crippen LogP contribution is 2.19. The fourth-order valence-electron chi connectivity index (χ4n) is 1.69. The van der Waals surface area contributed by atoms with Crippen LogP contribution in [0.3, 0.4) is 0 Å². The molecule has 0 aromatic heterocycles. The van der Waals surface area contributed by atoms with Crippen LogP contribution < -0.4 is 5.73 Å². The summed E-state index contributed by atoms with van der Waals surface area (Å²) in [6.45, 7) is 1.15. The van der Waals surface area contributed by atoms with E-state index >= 15 is 0 Å². The van der Waals surface area contributed by atoms with Gasteiger partial charge in [0.1, 0.15) is 0 Å². The Hall–Kier alpha value is -1.07. The lowest BCUT2D eigenvalue weighted by Crippen LogP contribution is -2.24. The van der Waals surface area contributed by atoms with Crippen molar-refractivity contribution in [3.05, 3.63) is 35.4 Å². The largest absolute Gasteiger partial charge is 0.390 e. The Bertz CT molecular complexity index is 346. The van der Waals surface area contributed by atoms with Crippen molar-refractivity contribution in [3.8, 4) is 0 Å². The van der Waals surface area contributed by atoms with E-state index in [4.69, 9.17) is 5.73 Å². The van der Waals surface area contributed by atoms with Gasteiger partial charge in [0.05, 0.1) is 6.42 Å². The Labute approximate surface area is 106 Å². The molecule has 0 aliphatic carbocycles. The Morgan fingerprint density at radius 2 is 1.67 bits per heavy atom. The van der Waals surface area contributed by atoms with Crippen LogP contribution in [0.15, 0.2) is 24.3 Å². The number of hydrogen-bond acceptors (Lipinski definition) is 2. The number of nitrogens with two attached hydrogens (primary N) is 1. The zero-order chi connectivity index (χ0) is 13.6. The van der Waals surface area contributed by atoms with Crippen molar-refractivity contribution in [3.63, 3.8) is 0 Å². The fourth-order valence-corrected chi connectivity index (χ4v) is 1.69. The van der Waals surface area contributed by atoms with Crippen molar-refractivity contribution < 1.29 is 13.2 Å². The van der Waals surface area contributed by atoms with Crippen LogP contribution in [0.5, 0.6) is 0 Å². The molecule has 0 amide bonds. The molecule has 0 saturated carbocycles. The smallest absolute Gasteiger partial charge is 0.330 e. The average Bonchev–Trinajstić information content (AvgIpc) is 2.29. The molecule has 5 heteroatoms. The molecule has 1 rings (SSSR count). The van der Waals surface area contributed by atoms with Gasteiger partial charge in [-0.2, -0.15) is 13.2 Å². The number of hydrogen-bond donors (Lipinski definition) is 1. The number of benzene rings is 1. The third kappa shape index (κ3) is 6.02. The summed E-state index contributed by atoms with van der Waals surface area (Å²) in [5.74, 6) is 0. The van der Waals surface area contributed by atoms with Gasteiger partial charge >= 0.3 is 6.18 Å². The van der Waals surface area contributed by atoms with E-state index in [0.717, 1.165) is 17.5 Å². The summed E-state index contributed by atoms with van der Waals surface area (Å²) >= 11 is 0. The van der Waals surface area contributed by atoms with E-state index in [0.29, 0.717) is 13.1 Å². The normalized spacial score (nSPS) is 12.1. The first kappa shape index (κ1) is 15.0. The molecule has 102 valence electrons. The number of halogens is 3. The Morgan fingerprint density at radius 3 is 2.17 bits per heavy atom. The molecule has 1 aromatic rings. The maximum Gasteiger partial charge on any atom is 0.390 e. The zero-order valence-electron chi connectivity index (χ0n) is 10.5. The summed E-state index contributed by atoms with van der Waals surface area (Å²) in [5, 5.41) is 0. The maximum atomic E-state index is 12.1. The van der Waals surface area contributed by atoms with Crippen LogP contribution in [-0.2, 0) is 13.0 Å². The summed E-state index contributed by atoms with van der Waals surface area (Å²) in [4.78, 5) is 1.67. The van der Waals surface area contributed by atoms with E-state index in [9.17, 15) is 13.2 Å². The van der Waals surface area contributed by atoms with E-state index in [1.807, 2.05) is 24.3 Å². The van der Waals surface area contributed by atoms with Crippen molar-refractivity contribution in [2.75, 3.05) is 20.1 Å². The molecule has 1 aromatic carbocycles. The molecular weight excluding hydrogens is 241 g/mol. The molecule has 0 saturated heterocycles. The van der Waals surface area contributed by atoms with E-state index < -0.39 is 12.6 Å². The molecule has 0 spiro atoms. The highest BCUT2D eigenvalue weighted by Gasteiger charge is 2.26. The van der Waals surface area contributed by atoms with Crippen LogP contribution in [0, 0.1) is 0 Å². The van der Waals surface area contributed by atoms with Crippen LogP contribution in [0.2, 0.25) is 0 Å². The van der Waals surface area contributed by atoms with E-state index in [1.54, 1.807) is 11.9 Å². The minimum Gasteiger partial charge on any atom is -0.330 e. The van der Waals surface area contributed by atoms with Crippen molar-refractivity contribution in [1.29, 1.82) is 0 Å². The van der Waals surface area contributed by atoms with Gasteiger partial charge < -0.3 is 10.6 Å². The maximum absolute atomic E-state index is 12.1. The van der Waals surface area contributed by atoms with Gasteiger partial charge in [-0.15, -0.1) is 0 Å². The average molecular weight is 260 g/mol. The monoisotopic (exact) mass is 260 g/mol. The van der Waals surface area contributed by atoms with Gasteiger partial charge in [-0.05, 0) is 31.1 Å². The molecule has 2 nitrogen and oxygen atoms in total. The van der Waals surface area contributed by atoms with Gasteiger partial charge in [-0.3, -0.25) is 0 Å². The van der Waals surface area contributed by atoms with Crippen LogP contribution in [0.4, 0.5) is 13.2 Å². The van der Waals surface area contributed by atoms with Crippen molar-refractivity contribution >= 4 is 0 Å². The summed E-state index contributed by atoms with van der Waals surface area (Å²) in [6.07, 6.45) is -4.03. The third-order valence-corrected chi connectivity index (χ3v) is 2.69. The molecule has 18 heavy (non-hydrogen) atoms. The summed E-state index contributed by atoms with van der Waals surface area (Å²) in [5.41, 5.74) is 7.61. The second-order valence-corrected chi connectivity index (χ2v) is 4.46. The highest BCUT2D eigenvalue weighted by atomic mass is 19.4. The lowest BCUT2D eigenvalue weighted by Gasteiger charge is -2.17. The molecule has 0 aliphatic rings. The van der Waals surface area contributed by atoms with E-state index in [-0.39, 0.29) is 6.54 Å². The Morgan fingerprint density at radius 1 is 1.11 bits per heavy atom. The van der Waals surface area contributed by atoms with Gasteiger partial charge in [0.15, 0.2) is 0 Å². The molecule has 0 unspecified atom stereocenters. The van der Waals surface area contributed by atoms with Crippen LogP contribution >= 0.6 is 0 Å². The number of nitrogens with zero attached hydrogens (tertiary/aromatic N) is 1. The predicted octanol–water partition coefficient (Wildman–Crippen LogP) is 2.57. The van der Waals surface area contributed by atoms with Crippen LogP contribution in [0.25, 0.3) is 0 Å². The molecule has 2 N–H and O–H groups in total. The Kier molecular flexibility index (Phi) is 5.62. The summed E-state index contributed by atoms with van der Waals surface area (Å²) in [6, 6.07) is 7.82. The van der Waals surface area contributed by atoms with E-state index in [1.165, 1.54) is 0 Å². The Balaban J connectivity index is 2.41. The molecule has 0 bridgehead atoms. The van der Waals surface area contributed by atoms with Gasteiger partial charge in [-0.25, -0.2) is 0 Å². The number of rotatable bonds is 6. The predicted molar refractivity (Wildman–Crippen MR) is 66.2 cm³/mol. The quantitative estimate of drug-likeness (QED) is 0.851. The third-order valence-electron chi connectivity index (χ3n) is 2.69. The van der Waals surface area contributed by atoms with Gasteiger partial charge in [0, 0.05) is 13.1 Å². The second-order valence-electron chi connectivity index (χ2n) is 4.46. The summed E-state index contributed by atoms with van der Waals surface area (Å²) < 4.78 is 36.2. The first-order valence-corrected chi connectivity index (χ1v) is 5.94. The van der Waals surface area contributed by atoms with Crippen molar-refractivity contribution in [2.45, 2.75) is 25.6 Å². The van der Waals surface area contributed by atoms with Gasteiger partial charge in [0.2, 0.25) is 0 Å². The minimum absolute atomic E-state index is 0.0219. The fraction of sp³-hybridized carbons (Fsp3) is 0.538. The topological polar surface area (TPSA) is 29.3 Å². The van der Waals surface area contributed by atoms with Crippen LogP contribution in [-0.4, -0.2) is 31.2 Å². The molecule has 0 radical (unpaired) electrons. The SMILES string of the molecule is CN(CCC(F)(F)F)Cc1ccc(CCN)cc1. The van der Waals surface area contributed by atoms with Crippen molar-refractivity contribution in [2.24, 2.45) is 5.73 Å². The van der Waals surface area contributed by atoms with Crippen LogP contribution in [0.1, 0.15) is 17.5 Å². The van der Waals surface area contributed by atoms with E-state index in [2.05, 4.69) is 0 Å². The molecule has 0 fully saturated rings. The lowest BCUT2D eigenvalue weighted by molar-refractivity contribution is -0.137. The lowest BCUT2D eigenvalue weighted by atomic mass is 10.1. The zero-order valence-corrected chi connectivity index (χ0v) is 10.5. The van der Waals surface area contributed by atoms with Crippen molar-refractivity contribution in [1.82, 2.24) is 4.90 Å². The molecule has 0 heterocycles. The second kappa shape index (κ2) is 6.75. The number of alkyl halides is 3. The molecule has 0 atom stereocenters. The standard InChI is InChI=1S/C13H19F3N2/c1-18(9-7-13(14,15)16)10-12-4-2-11(3-5-12)6-8-17/h2-5H,6-10,17H2,1H3. The molecule has 0 aliphatic heterocycles. The minimum atomic E-state index is -4.08. The first-order valence-electron chi connectivity index (χ1n) is 5.94. The summed E-state index contributed by atoms with van der Waals surface area (Å²) in [7, 11) is 1.69. The molecular formula is C13H19F3N2. The highest BCUT2D eigenvalue weighted by molar-refractivity contribution is 5.22. The first-order chi connectivity index (χ1) is 8.40. The van der Waals surface area contributed by atoms with Gasteiger partial charge in [-0.1, -0.05) is 24.3 Å². The van der Waals surface area contributed by atoms with Gasteiger partial charge in [0.25, 0.3) is 0 Å².